The van der Waals surface area contributed by atoms with Gasteiger partial charge in [0.2, 0.25) is 10.0 Å². The smallest absolute Gasteiger partial charge is 0.240 e. The molecule has 0 heterocycles. The van der Waals surface area contributed by atoms with Crippen molar-refractivity contribution in [1.29, 1.82) is 5.26 Å². The summed E-state index contributed by atoms with van der Waals surface area (Å²) in [5, 5.41) is 12.1. The van der Waals surface area contributed by atoms with E-state index in [4.69, 9.17) is 5.26 Å². The fraction of sp³-hybridized carbons (Fsp3) is 0.235. The summed E-state index contributed by atoms with van der Waals surface area (Å²) in [4.78, 5) is 0.259. The lowest BCUT2D eigenvalue weighted by Gasteiger charge is -2.15. The molecule has 5 nitrogen and oxygen atoms in total. The molecule has 0 radical (unpaired) electrons. The van der Waals surface area contributed by atoms with Gasteiger partial charge in [-0.15, -0.1) is 0 Å². The van der Waals surface area contributed by atoms with Crippen molar-refractivity contribution in [3.05, 3.63) is 65.7 Å². The van der Waals surface area contributed by atoms with Crippen LogP contribution in [0.15, 0.2) is 59.5 Å². The van der Waals surface area contributed by atoms with Crippen molar-refractivity contribution in [2.75, 3.05) is 13.1 Å². The lowest BCUT2D eigenvalue weighted by atomic mass is 10.1. The summed E-state index contributed by atoms with van der Waals surface area (Å²) in [7, 11) is -3.47. The van der Waals surface area contributed by atoms with Crippen LogP contribution in [0.25, 0.3) is 0 Å². The molecule has 0 saturated carbocycles. The van der Waals surface area contributed by atoms with Crippen LogP contribution in [0.3, 0.4) is 0 Å². The molecule has 23 heavy (non-hydrogen) atoms. The normalized spacial score (nSPS) is 12.5. The lowest BCUT2D eigenvalue weighted by molar-refractivity contribution is 0.553. The molecule has 1 unspecified atom stereocenters. The number of nitrogens with one attached hydrogen (secondary N) is 2. The van der Waals surface area contributed by atoms with Crippen LogP contribution in [0.1, 0.15) is 24.1 Å². The van der Waals surface area contributed by atoms with Crippen molar-refractivity contribution in [2.24, 2.45) is 0 Å². The summed E-state index contributed by atoms with van der Waals surface area (Å²) < 4.78 is 26.7. The van der Waals surface area contributed by atoms with Crippen LogP contribution in [-0.4, -0.2) is 21.5 Å². The van der Waals surface area contributed by atoms with Crippen molar-refractivity contribution in [3.63, 3.8) is 0 Å². The molecule has 0 bridgehead atoms. The van der Waals surface area contributed by atoms with E-state index < -0.39 is 10.0 Å². The van der Waals surface area contributed by atoms with Gasteiger partial charge in [-0.05, 0) is 36.8 Å². The van der Waals surface area contributed by atoms with Gasteiger partial charge in [0.1, 0.15) is 0 Å². The fourth-order valence-electron chi connectivity index (χ4n) is 2.15. The Labute approximate surface area is 137 Å². The number of hydrogen-bond donors (Lipinski definition) is 2. The monoisotopic (exact) mass is 329 g/mol. The Morgan fingerprint density at radius 3 is 2.52 bits per heavy atom. The predicted octanol–water partition coefficient (Wildman–Crippen LogP) is 2.19. The number of nitriles is 1. The summed E-state index contributed by atoms with van der Waals surface area (Å²) >= 11 is 0. The third-order valence-electron chi connectivity index (χ3n) is 3.44. The third-order valence-corrected chi connectivity index (χ3v) is 4.91. The zero-order valence-electron chi connectivity index (χ0n) is 12.9. The van der Waals surface area contributed by atoms with Gasteiger partial charge in [0, 0.05) is 19.1 Å². The van der Waals surface area contributed by atoms with E-state index in [-0.39, 0.29) is 10.9 Å². The second-order valence-corrected chi connectivity index (χ2v) is 6.89. The minimum Gasteiger partial charge on any atom is -0.309 e. The highest BCUT2D eigenvalue weighted by molar-refractivity contribution is 7.89. The van der Waals surface area contributed by atoms with Crippen molar-refractivity contribution < 1.29 is 8.42 Å². The largest absolute Gasteiger partial charge is 0.309 e. The molecule has 0 amide bonds. The molecule has 120 valence electrons. The molecule has 0 aliphatic heterocycles. The summed E-state index contributed by atoms with van der Waals surface area (Å²) in [6.07, 6.45) is 0. The van der Waals surface area contributed by atoms with Gasteiger partial charge in [0.15, 0.2) is 0 Å². The van der Waals surface area contributed by atoms with E-state index in [1.165, 1.54) is 0 Å². The van der Waals surface area contributed by atoms with E-state index in [0.29, 0.717) is 18.7 Å². The molecule has 0 aliphatic carbocycles. The summed E-state index contributed by atoms with van der Waals surface area (Å²) in [6.45, 7) is 2.76. The van der Waals surface area contributed by atoms with E-state index in [1.54, 1.807) is 36.4 Å². The van der Waals surface area contributed by atoms with Crippen LogP contribution in [0, 0.1) is 11.3 Å². The Morgan fingerprint density at radius 1 is 1.09 bits per heavy atom. The van der Waals surface area contributed by atoms with Gasteiger partial charge in [0.25, 0.3) is 0 Å². The number of nitrogens with zero attached hydrogens (tertiary/aromatic N) is 1. The maximum absolute atomic E-state index is 12.1. The number of rotatable bonds is 7. The van der Waals surface area contributed by atoms with Gasteiger partial charge < -0.3 is 5.32 Å². The Bertz CT molecular complexity index is 783. The van der Waals surface area contributed by atoms with Gasteiger partial charge in [-0.3, -0.25) is 0 Å². The van der Waals surface area contributed by atoms with E-state index >= 15 is 0 Å². The molecular formula is C17H19N3O2S. The first-order valence-corrected chi connectivity index (χ1v) is 8.79. The molecular weight excluding hydrogens is 310 g/mol. The first-order chi connectivity index (χ1) is 11.0. The number of benzene rings is 2. The van der Waals surface area contributed by atoms with Gasteiger partial charge in [-0.25, -0.2) is 13.1 Å². The molecule has 2 aromatic rings. The summed E-state index contributed by atoms with van der Waals surface area (Å²) in [5.74, 6) is 0. The van der Waals surface area contributed by atoms with Gasteiger partial charge in [0.05, 0.1) is 16.5 Å². The standard InChI is InChI=1S/C17H19N3O2S/c1-14(16-7-5-6-15(12-16)13-18)19-10-11-20-23(21,22)17-8-3-2-4-9-17/h2-9,12,14,19-20H,10-11H2,1H3. The van der Waals surface area contributed by atoms with Crippen LogP contribution in [0.2, 0.25) is 0 Å². The molecule has 2 aromatic carbocycles. The SMILES string of the molecule is CC(NCCNS(=O)(=O)c1ccccc1)c1cccc(C#N)c1. The molecule has 0 saturated heterocycles. The molecule has 0 spiro atoms. The first kappa shape index (κ1) is 17.2. The molecule has 6 heteroatoms. The molecule has 2 rings (SSSR count). The fourth-order valence-corrected chi connectivity index (χ4v) is 3.21. The van der Waals surface area contributed by atoms with E-state index in [1.807, 2.05) is 25.1 Å². The first-order valence-electron chi connectivity index (χ1n) is 7.31. The average Bonchev–Trinajstić information content (AvgIpc) is 2.59. The summed E-state index contributed by atoms with van der Waals surface area (Å²) in [5.41, 5.74) is 1.61. The Balaban J connectivity index is 1.84. The van der Waals surface area contributed by atoms with Crippen LogP contribution >= 0.6 is 0 Å². The Kier molecular flexibility index (Phi) is 5.88. The molecule has 2 N–H and O–H groups in total. The Morgan fingerprint density at radius 2 is 1.83 bits per heavy atom. The van der Waals surface area contributed by atoms with Crippen LogP contribution in [0.5, 0.6) is 0 Å². The average molecular weight is 329 g/mol. The second kappa shape index (κ2) is 7.88. The van der Waals surface area contributed by atoms with E-state index in [0.717, 1.165) is 5.56 Å². The van der Waals surface area contributed by atoms with Gasteiger partial charge in [-0.2, -0.15) is 5.26 Å². The predicted molar refractivity (Wildman–Crippen MR) is 89.2 cm³/mol. The van der Waals surface area contributed by atoms with Crippen molar-refractivity contribution >= 4 is 10.0 Å². The third kappa shape index (κ3) is 4.89. The van der Waals surface area contributed by atoms with Crippen molar-refractivity contribution in [1.82, 2.24) is 10.0 Å². The van der Waals surface area contributed by atoms with Crippen LogP contribution < -0.4 is 10.0 Å². The maximum Gasteiger partial charge on any atom is 0.240 e. The highest BCUT2D eigenvalue weighted by Crippen LogP contribution is 2.13. The summed E-state index contributed by atoms with van der Waals surface area (Å²) in [6, 6.07) is 17.8. The zero-order valence-corrected chi connectivity index (χ0v) is 13.7. The highest BCUT2D eigenvalue weighted by atomic mass is 32.2. The second-order valence-electron chi connectivity index (χ2n) is 5.12. The van der Waals surface area contributed by atoms with Crippen LogP contribution in [0.4, 0.5) is 0 Å². The Hall–Kier alpha value is -2.20. The lowest BCUT2D eigenvalue weighted by Crippen LogP contribution is -2.33. The number of hydrogen-bond acceptors (Lipinski definition) is 4. The maximum atomic E-state index is 12.1. The van der Waals surface area contributed by atoms with Crippen molar-refractivity contribution in [3.8, 4) is 6.07 Å². The van der Waals surface area contributed by atoms with Gasteiger partial charge in [-0.1, -0.05) is 30.3 Å². The molecule has 1 atom stereocenters. The highest BCUT2D eigenvalue weighted by Gasteiger charge is 2.12. The van der Waals surface area contributed by atoms with Gasteiger partial charge >= 0.3 is 0 Å². The van der Waals surface area contributed by atoms with E-state index in [9.17, 15) is 8.42 Å². The van der Waals surface area contributed by atoms with Crippen molar-refractivity contribution in [2.45, 2.75) is 17.9 Å². The quantitative estimate of drug-likeness (QED) is 0.763. The van der Waals surface area contributed by atoms with E-state index in [2.05, 4.69) is 16.1 Å². The van der Waals surface area contributed by atoms with Crippen LogP contribution in [-0.2, 0) is 10.0 Å². The minimum atomic E-state index is -3.47. The molecule has 0 aliphatic rings. The molecule has 0 aromatic heterocycles. The molecule has 0 fully saturated rings. The number of sulfonamides is 1. The topological polar surface area (TPSA) is 82.0 Å². The zero-order chi connectivity index (χ0) is 16.7. The minimum absolute atomic E-state index is 0.0320.